The molecule has 1 aliphatic carbocycles. The maximum Gasteiger partial charge on any atom is 0.230 e. The molecule has 1 aromatic carbocycles. The van der Waals surface area contributed by atoms with Gasteiger partial charge in [0.05, 0.1) is 26.7 Å². The van der Waals surface area contributed by atoms with Crippen LogP contribution in [0.5, 0.6) is 17.2 Å². The van der Waals surface area contributed by atoms with Crippen LogP contribution < -0.4 is 24.8 Å². The lowest BCUT2D eigenvalue weighted by Gasteiger charge is -2.31. The number of guanidine groups is 1. The van der Waals surface area contributed by atoms with E-state index in [1.54, 1.807) is 33.3 Å². The molecule has 0 bridgehead atoms. The standard InChI is InChI=1S/C20H32N4O4.HI/c1-21-19(22-13-20(9-7-8-10-20)18(25)24(2)3)23-14-11-15(26-4)17(28-6)16(12-14)27-5;/h11-12H,7-10,13H2,1-6H3,(H2,21,22,23);1H. The maximum absolute atomic E-state index is 12.7. The summed E-state index contributed by atoms with van der Waals surface area (Å²) in [6.45, 7) is 0.536. The molecule has 2 N–H and O–H groups in total. The number of carbonyl (C=O) groups excluding carboxylic acids is 1. The second kappa shape index (κ2) is 11.3. The zero-order valence-corrected chi connectivity index (χ0v) is 20.5. The number of rotatable bonds is 7. The Morgan fingerprint density at radius 1 is 1.10 bits per heavy atom. The summed E-state index contributed by atoms with van der Waals surface area (Å²) >= 11 is 0. The number of benzene rings is 1. The van der Waals surface area contributed by atoms with Crippen LogP contribution in [0.2, 0.25) is 0 Å². The van der Waals surface area contributed by atoms with Crippen molar-refractivity contribution < 1.29 is 19.0 Å². The number of carbonyl (C=O) groups is 1. The van der Waals surface area contributed by atoms with E-state index in [1.165, 1.54) is 0 Å². The third-order valence-electron chi connectivity index (χ3n) is 5.17. The molecule has 8 nitrogen and oxygen atoms in total. The molecule has 1 fully saturated rings. The minimum Gasteiger partial charge on any atom is -0.493 e. The number of amides is 1. The minimum atomic E-state index is -0.379. The monoisotopic (exact) mass is 520 g/mol. The van der Waals surface area contributed by atoms with Crippen molar-refractivity contribution in [3.8, 4) is 17.2 Å². The van der Waals surface area contributed by atoms with E-state index < -0.39 is 0 Å². The third kappa shape index (κ3) is 5.80. The molecule has 1 saturated carbocycles. The van der Waals surface area contributed by atoms with Crippen molar-refractivity contribution in [1.82, 2.24) is 10.2 Å². The molecule has 0 unspecified atom stereocenters. The number of hydrogen-bond acceptors (Lipinski definition) is 5. The van der Waals surface area contributed by atoms with Gasteiger partial charge in [-0.25, -0.2) is 0 Å². The number of hydrogen-bond donors (Lipinski definition) is 2. The van der Waals surface area contributed by atoms with Gasteiger partial charge in [0.15, 0.2) is 17.5 Å². The van der Waals surface area contributed by atoms with E-state index in [1.807, 2.05) is 26.2 Å². The second-order valence-electron chi connectivity index (χ2n) is 7.15. The number of nitrogens with one attached hydrogen (secondary N) is 2. The van der Waals surface area contributed by atoms with E-state index in [0.717, 1.165) is 31.4 Å². The van der Waals surface area contributed by atoms with Gasteiger partial charge in [-0.1, -0.05) is 12.8 Å². The van der Waals surface area contributed by atoms with E-state index in [9.17, 15) is 4.79 Å². The molecule has 0 atom stereocenters. The summed E-state index contributed by atoms with van der Waals surface area (Å²) in [6, 6.07) is 3.62. The molecule has 164 valence electrons. The Hall–Kier alpha value is -1.91. The number of anilines is 1. The van der Waals surface area contributed by atoms with E-state index in [-0.39, 0.29) is 35.3 Å². The van der Waals surface area contributed by atoms with Crippen LogP contribution in [-0.4, -0.2) is 65.8 Å². The Bertz CT molecular complexity index is 693. The fraction of sp³-hybridized carbons (Fsp3) is 0.600. The van der Waals surface area contributed by atoms with E-state index in [2.05, 4.69) is 15.6 Å². The second-order valence-corrected chi connectivity index (χ2v) is 7.15. The van der Waals surface area contributed by atoms with Gasteiger partial charge in [-0.05, 0) is 12.8 Å². The number of ether oxygens (including phenoxy) is 3. The number of nitrogens with zero attached hydrogens (tertiary/aromatic N) is 2. The van der Waals surface area contributed by atoms with Gasteiger partial charge in [0.2, 0.25) is 11.7 Å². The predicted molar refractivity (Wildman–Crippen MR) is 126 cm³/mol. The van der Waals surface area contributed by atoms with Crippen LogP contribution in [0, 0.1) is 5.41 Å². The first kappa shape index (κ1) is 25.1. The van der Waals surface area contributed by atoms with Gasteiger partial charge in [-0.15, -0.1) is 24.0 Å². The molecule has 29 heavy (non-hydrogen) atoms. The molecule has 0 aromatic heterocycles. The lowest BCUT2D eigenvalue weighted by molar-refractivity contribution is -0.138. The van der Waals surface area contributed by atoms with Gasteiger partial charge in [0, 0.05) is 45.5 Å². The molecule has 0 radical (unpaired) electrons. The fourth-order valence-corrected chi connectivity index (χ4v) is 3.71. The van der Waals surface area contributed by atoms with Gasteiger partial charge in [-0.2, -0.15) is 0 Å². The smallest absolute Gasteiger partial charge is 0.230 e. The van der Waals surface area contributed by atoms with Crippen molar-refractivity contribution in [3.63, 3.8) is 0 Å². The summed E-state index contributed by atoms with van der Waals surface area (Å²) in [5.74, 6) is 2.37. The topological polar surface area (TPSA) is 84.4 Å². The van der Waals surface area contributed by atoms with Crippen molar-refractivity contribution in [1.29, 1.82) is 0 Å². The summed E-state index contributed by atoms with van der Waals surface area (Å²) in [4.78, 5) is 18.7. The Morgan fingerprint density at radius 3 is 2.07 bits per heavy atom. The molecule has 1 aliphatic rings. The van der Waals surface area contributed by atoms with Gasteiger partial charge in [0.1, 0.15) is 0 Å². The van der Waals surface area contributed by atoms with Gasteiger partial charge in [0.25, 0.3) is 0 Å². The molecule has 1 aromatic rings. The summed E-state index contributed by atoms with van der Waals surface area (Å²) < 4.78 is 16.1. The highest BCUT2D eigenvalue weighted by atomic mass is 127. The van der Waals surface area contributed by atoms with Gasteiger partial charge in [-0.3, -0.25) is 9.79 Å². The average molecular weight is 520 g/mol. The predicted octanol–water partition coefficient (Wildman–Crippen LogP) is 2.97. The lowest BCUT2D eigenvalue weighted by atomic mass is 9.84. The van der Waals surface area contributed by atoms with Crippen molar-refractivity contribution in [3.05, 3.63) is 12.1 Å². The first-order valence-corrected chi connectivity index (χ1v) is 9.40. The molecule has 1 amide bonds. The zero-order chi connectivity index (χ0) is 20.7. The van der Waals surface area contributed by atoms with Crippen molar-refractivity contribution in [2.24, 2.45) is 10.4 Å². The van der Waals surface area contributed by atoms with Gasteiger partial charge < -0.3 is 29.7 Å². The van der Waals surface area contributed by atoms with Crippen LogP contribution in [0.25, 0.3) is 0 Å². The van der Waals surface area contributed by atoms with Crippen LogP contribution in [-0.2, 0) is 4.79 Å². The van der Waals surface area contributed by atoms with Crippen LogP contribution >= 0.6 is 24.0 Å². The summed E-state index contributed by atoms with van der Waals surface area (Å²) in [7, 11) is 10.0. The number of aliphatic imine (C=N–C) groups is 1. The van der Waals surface area contributed by atoms with Crippen LogP contribution in [0.15, 0.2) is 17.1 Å². The molecular weight excluding hydrogens is 487 g/mol. The van der Waals surface area contributed by atoms with E-state index in [4.69, 9.17) is 14.2 Å². The molecular formula is C20H33IN4O4. The summed E-state index contributed by atoms with van der Waals surface area (Å²) in [5, 5.41) is 6.56. The Balaban J connectivity index is 0.00000420. The normalized spacial score (nSPS) is 15.2. The average Bonchev–Trinajstić information content (AvgIpc) is 3.19. The van der Waals surface area contributed by atoms with Gasteiger partial charge >= 0.3 is 0 Å². The molecule has 0 spiro atoms. The first-order chi connectivity index (χ1) is 13.4. The molecule has 2 rings (SSSR count). The fourth-order valence-electron chi connectivity index (χ4n) is 3.71. The van der Waals surface area contributed by atoms with Crippen molar-refractivity contribution in [2.45, 2.75) is 25.7 Å². The summed E-state index contributed by atoms with van der Waals surface area (Å²) in [5.41, 5.74) is 0.359. The first-order valence-electron chi connectivity index (χ1n) is 9.40. The van der Waals surface area contributed by atoms with Crippen LogP contribution in [0.1, 0.15) is 25.7 Å². The molecule has 0 saturated heterocycles. The highest BCUT2D eigenvalue weighted by molar-refractivity contribution is 14.0. The highest BCUT2D eigenvalue weighted by Crippen LogP contribution is 2.40. The van der Waals surface area contributed by atoms with E-state index in [0.29, 0.717) is 29.8 Å². The van der Waals surface area contributed by atoms with E-state index >= 15 is 0 Å². The maximum atomic E-state index is 12.7. The molecule has 0 aliphatic heterocycles. The molecule has 9 heteroatoms. The lowest BCUT2D eigenvalue weighted by Crippen LogP contribution is -2.47. The van der Waals surface area contributed by atoms with Crippen molar-refractivity contribution in [2.75, 3.05) is 54.3 Å². The quantitative estimate of drug-likeness (QED) is 0.327. The highest BCUT2D eigenvalue weighted by Gasteiger charge is 2.42. The SMILES string of the molecule is CN=C(NCC1(C(=O)N(C)C)CCCC1)Nc1cc(OC)c(OC)c(OC)c1.I. The largest absolute Gasteiger partial charge is 0.493 e. The van der Waals surface area contributed by atoms with Crippen molar-refractivity contribution >= 4 is 41.5 Å². The third-order valence-corrected chi connectivity index (χ3v) is 5.17. The molecule has 0 heterocycles. The minimum absolute atomic E-state index is 0. The van der Waals surface area contributed by atoms with Crippen LogP contribution in [0.4, 0.5) is 5.69 Å². The Morgan fingerprint density at radius 2 is 1.66 bits per heavy atom. The Labute approximate surface area is 190 Å². The number of halogens is 1. The summed E-state index contributed by atoms with van der Waals surface area (Å²) in [6.07, 6.45) is 3.91. The van der Waals surface area contributed by atoms with Crippen LogP contribution in [0.3, 0.4) is 0 Å². The zero-order valence-electron chi connectivity index (χ0n) is 18.1. The Kier molecular flexibility index (Phi) is 9.81. The number of methoxy groups -OCH3 is 3.